The SMILES string of the molecule is COc1ccc(C)cc1NC(=O)c1cc(Cl)c(OCC(N)=O)c(OC)c1. The van der Waals surface area contributed by atoms with Crippen molar-refractivity contribution in [2.75, 3.05) is 26.1 Å². The number of ether oxygens (including phenoxy) is 3. The first-order valence-electron chi connectivity index (χ1n) is 7.60. The number of nitrogens with two attached hydrogens (primary N) is 1. The maximum absolute atomic E-state index is 12.6. The molecule has 26 heavy (non-hydrogen) atoms. The summed E-state index contributed by atoms with van der Waals surface area (Å²) in [5.41, 5.74) is 6.81. The maximum Gasteiger partial charge on any atom is 0.255 e. The molecule has 2 amide bonds. The van der Waals surface area contributed by atoms with E-state index in [-0.39, 0.29) is 28.7 Å². The fraction of sp³-hybridized carbons (Fsp3) is 0.222. The van der Waals surface area contributed by atoms with Gasteiger partial charge in [-0.3, -0.25) is 9.59 Å². The summed E-state index contributed by atoms with van der Waals surface area (Å²) in [5.74, 6) is -0.187. The van der Waals surface area contributed by atoms with E-state index in [2.05, 4.69) is 5.32 Å². The fourth-order valence-electron chi connectivity index (χ4n) is 2.25. The number of carbonyl (C=O) groups excluding carboxylic acids is 2. The van der Waals surface area contributed by atoms with Crippen molar-refractivity contribution in [1.29, 1.82) is 0 Å². The van der Waals surface area contributed by atoms with Gasteiger partial charge in [-0.15, -0.1) is 0 Å². The zero-order valence-corrected chi connectivity index (χ0v) is 15.3. The number of benzene rings is 2. The second-order valence-corrected chi connectivity index (χ2v) is 5.81. The van der Waals surface area contributed by atoms with Gasteiger partial charge in [-0.05, 0) is 36.8 Å². The summed E-state index contributed by atoms with van der Waals surface area (Å²) in [6, 6.07) is 8.30. The molecule has 2 rings (SSSR count). The Balaban J connectivity index is 2.31. The van der Waals surface area contributed by atoms with E-state index in [9.17, 15) is 9.59 Å². The van der Waals surface area contributed by atoms with E-state index in [0.717, 1.165) is 5.56 Å². The molecule has 0 spiro atoms. The number of primary amides is 1. The lowest BCUT2D eigenvalue weighted by molar-refractivity contribution is -0.119. The summed E-state index contributed by atoms with van der Waals surface area (Å²) in [4.78, 5) is 23.5. The third-order valence-electron chi connectivity index (χ3n) is 3.45. The van der Waals surface area contributed by atoms with E-state index in [4.69, 9.17) is 31.5 Å². The highest BCUT2D eigenvalue weighted by Crippen LogP contribution is 2.37. The Morgan fingerprint density at radius 3 is 2.42 bits per heavy atom. The molecule has 0 aliphatic rings. The Bertz CT molecular complexity index is 839. The molecule has 0 aromatic heterocycles. The molecule has 0 saturated heterocycles. The van der Waals surface area contributed by atoms with Crippen LogP contribution in [0.4, 0.5) is 5.69 Å². The van der Waals surface area contributed by atoms with E-state index in [0.29, 0.717) is 11.4 Å². The van der Waals surface area contributed by atoms with Crippen LogP contribution in [0.3, 0.4) is 0 Å². The van der Waals surface area contributed by atoms with Gasteiger partial charge in [0.15, 0.2) is 18.1 Å². The van der Waals surface area contributed by atoms with Crippen LogP contribution in [-0.4, -0.2) is 32.6 Å². The first-order valence-corrected chi connectivity index (χ1v) is 7.98. The van der Waals surface area contributed by atoms with Crippen molar-refractivity contribution in [3.05, 3.63) is 46.5 Å². The first-order chi connectivity index (χ1) is 12.3. The molecule has 7 nitrogen and oxygen atoms in total. The number of nitrogens with one attached hydrogen (secondary N) is 1. The van der Waals surface area contributed by atoms with E-state index < -0.39 is 11.8 Å². The number of hydrogen-bond acceptors (Lipinski definition) is 5. The van der Waals surface area contributed by atoms with Crippen molar-refractivity contribution in [3.8, 4) is 17.2 Å². The number of carbonyl (C=O) groups is 2. The lowest BCUT2D eigenvalue weighted by Gasteiger charge is -2.14. The van der Waals surface area contributed by atoms with Gasteiger partial charge in [0, 0.05) is 5.56 Å². The van der Waals surface area contributed by atoms with Gasteiger partial charge >= 0.3 is 0 Å². The second-order valence-electron chi connectivity index (χ2n) is 5.40. The standard InChI is InChI=1S/C18H19ClN2O5/c1-10-4-5-14(24-2)13(6-10)21-18(23)11-7-12(19)17(15(8-11)25-3)26-9-16(20)22/h4-8H,9H2,1-3H3,(H2,20,22)(H,21,23). The van der Waals surface area contributed by atoms with Crippen LogP contribution in [0.15, 0.2) is 30.3 Å². The molecule has 0 bridgehead atoms. The minimum Gasteiger partial charge on any atom is -0.495 e. The van der Waals surface area contributed by atoms with Gasteiger partial charge in [-0.25, -0.2) is 0 Å². The van der Waals surface area contributed by atoms with Crippen LogP contribution in [0.5, 0.6) is 17.2 Å². The molecular weight excluding hydrogens is 360 g/mol. The number of methoxy groups -OCH3 is 2. The molecule has 138 valence electrons. The molecule has 0 radical (unpaired) electrons. The topological polar surface area (TPSA) is 99.9 Å². The van der Waals surface area contributed by atoms with Crippen molar-refractivity contribution < 1.29 is 23.8 Å². The first kappa shape index (κ1) is 19.4. The van der Waals surface area contributed by atoms with Crippen molar-refractivity contribution in [3.63, 3.8) is 0 Å². The van der Waals surface area contributed by atoms with E-state index in [1.807, 2.05) is 13.0 Å². The molecule has 8 heteroatoms. The molecule has 0 aliphatic heterocycles. The Labute approximate surface area is 156 Å². The van der Waals surface area contributed by atoms with Crippen LogP contribution in [0.1, 0.15) is 15.9 Å². The van der Waals surface area contributed by atoms with Gasteiger partial charge in [0.1, 0.15) is 5.75 Å². The molecule has 0 fully saturated rings. The summed E-state index contributed by atoms with van der Waals surface area (Å²) in [5, 5.41) is 2.89. The Kier molecular flexibility index (Phi) is 6.30. The second kappa shape index (κ2) is 8.44. The van der Waals surface area contributed by atoms with Gasteiger partial charge in [-0.2, -0.15) is 0 Å². The number of halogens is 1. The number of aryl methyl sites for hydroxylation is 1. The number of amides is 2. The van der Waals surface area contributed by atoms with E-state index in [1.54, 1.807) is 12.1 Å². The summed E-state index contributed by atoms with van der Waals surface area (Å²) in [7, 11) is 2.92. The van der Waals surface area contributed by atoms with Crippen LogP contribution in [0.25, 0.3) is 0 Å². The van der Waals surface area contributed by atoms with Gasteiger partial charge in [0.05, 0.1) is 24.9 Å². The lowest BCUT2D eigenvalue weighted by atomic mass is 10.1. The molecule has 2 aromatic carbocycles. The van der Waals surface area contributed by atoms with Crippen LogP contribution < -0.4 is 25.3 Å². The smallest absolute Gasteiger partial charge is 0.255 e. The third kappa shape index (κ3) is 4.58. The van der Waals surface area contributed by atoms with Gasteiger partial charge in [-0.1, -0.05) is 17.7 Å². The number of anilines is 1. The van der Waals surface area contributed by atoms with E-state index in [1.165, 1.54) is 26.4 Å². The van der Waals surface area contributed by atoms with Crippen LogP contribution in [0.2, 0.25) is 5.02 Å². The fourth-order valence-corrected chi connectivity index (χ4v) is 2.51. The van der Waals surface area contributed by atoms with Crippen LogP contribution >= 0.6 is 11.6 Å². The van der Waals surface area contributed by atoms with Crippen molar-refractivity contribution in [2.45, 2.75) is 6.92 Å². The van der Waals surface area contributed by atoms with Crippen LogP contribution in [0, 0.1) is 6.92 Å². The van der Waals surface area contributed by atoms with Crippen LogP contribution in [-0.2, 0) is 4.79 Å². The maximum atomic E-state index is 12.6. The molecular formula is C18H19ClN2O5. The number of hydrogen-bond donors (Lipinski definition) is 2. The molecule has 3 N–H and O–H groups in total. The lowest BCUT2D eigenvalue weighted by Crippen LogP contribution is -2.20. The highest BCUT2D eigenvalue weighted by Gasteiger charge is 2.17. The highest BCUT2D eigenvalue weighted by atomic mass is 35.5. The van der Waals surface area contributed by atoms with Crippen molar-refractivity contribution in [1.82, 2.24) is 0 Å². The molecule has 0 saturated carbocycles. The zero-order valence-electron chi connectivity index (χ0n) is 14.6. The highest BCUT2D eigenvalue weighted by molar-refractivity contribution is 6.32. The Morgan fingerprint density at radius 1 is 1.12 bits per heavy atom. The quantitative estimate of drug-likeness (QED) is 0.771. The minimum atomic E-state index is -0.656. The average Bonchev–Trinajstić information content (AvgIpc) is 2.60. The number of rotatable bonds is 7. The van der Waals surface area contributed by atoms with Gasteiger partial charge in [0.2, 0.25) is 0 Å². The van der Waals surface area contributed by atoms with E-state index >= 15 is 0 Å². The predicted molar refractivity (Wildman–Crippen MR) is 98.4 cm³/mol. The minimum absolute atomic E-state index is 0.118. The zero-order chi connectivity index (χ0) is 19.3. The molecule has 2 aromatic rings. The summed E-state index contributed by atoms with van der Waals surface area (Å²) in [6.07, 6.45) is 0. The van der Waals surface area contributed by atoms with Gasteiger partial charge < -0.3 is 25.3 Å². The average molecular weight is 379 g/mol. The molecule has 0 heterocycles. The Morgan fingerprint density at radius 2 is 1.81 bits per heavy atom. The molecule has 0 aliphatic carbocycles. The summed E-state index contributed by atoms with van der Waals surface area (Å²) in [6.45, 7) is 1.54. The van der Waals surface area contributed by atoms with Crippen molar-refractivity contribution in [2.24, 2.45) is 5.73 Å². The summed E-state index contributed by atoms with van der Waals surface area (Å²) >= 11 is 6.17. The normalized spacial score (nSPS) is 10.2. The Hall–Kier alpha value is -2.93. The molecule has 0 unspecified atom stereocenters. The summed E-state index contributed by atoms with van der Waals surface area (Å²) < 4.78 is 15.7. The largest absolute Gasteiger partial charge is 0.495 e. The monoisotopic (exact) mass is 378 g/mol. The van der Waals surface area contributed by atoms with Crippen molar-refractivity contribution >= 4 is 29.1 Å². The molecule has 0 atom stereocenters. The third-order valence-corrected chi connectivity index (χ3v) is 3.73. The van der Waals surface area contributed by atoms with Gasteiger partial charge in [0.25, 0.3) is 11.8 Å². The predicted octanol–water partition coefficient (Wildman–Crippen LogP) is 2.78.